The van der Waals surface area contributed by atoms with E-state index in [4.69, 9.17) is 0 Å². The molecule has 1 N–H and O–H groups in total. The number of carboxylic acid groups (broad SMARTS) is 1. The van der Waals surface area contributed by atoms with Crippen LogP contribution in [0.5, 0.6) is 0 Å². The van der Waals surface area contributed by atoms with Crippen LogP contribution in [0.25, 0.3) is 10.7 Å². The third-order valence-electron chi connectivity index (χ3n) is 4.17. The van der Waals surface area contributed by atoms with Crippen LogP contribution in [0.1, 0.15) is 29.4 Å². The number of thiazole rings is 1. The summed E-state index contributed by atoms with van der Waals surface area (Å²) >= 11 is 1.29. The minimum absolute atomic E-state index is 0.150. The highest BCUT2D eigenvalue weighted by Crippen LogP contribution is 2.29. The van der Waals surface area contributed by atoms with E-state index >= 15 is 0 Å². The first kappa shape index (κ1) is 15.6. The number of piperidine rings is 1. The number of carboxylic acids is 1. The maximum absolute atomic E-state index is 12.7. The lowest BCUT2D eigenvalue weighted by molar-refractivity contribution is -0.144. The van der Waals surface area contributed by atoms with Crippen LogP contribution in [0, 0.1) is 5.92 Å². The van der Waals surface area contributed by atoms with E-state index in [1.54, 1.807) is 24.2 Å². The Morgan fingerprint density at radius 2 is 2.17 bits per heavy atom. The molecule has 1 aliphatic heterocycles. The monoisotopic (exact) mass is 331 g/mol. The van der Waals surface area contributed by atoms with Gasteiger partial charge in [-0.3, -0.25) is 14.6 Å². The zero-order valence-electron chi connectivity index (χ0n) is 12.7. The number of carbonyl (C=O) groups excluding carboxylic acids is 1. The lowest BCUT2D eigenvalue weighted by atomic mass is 9.90. The Labute approximate surface area is 137 Å². The summed E-state index contributed by atoms with van der Waals surface area (Å²) in [5.41, 5.74) is 0.728. The fourth-order valence-electron chi connectivity index (χ4n) is 2.88. The van der Waals surface area contributed by atoms with Gasteiger partial charge in [-0.15, -0.1) is 11.3 Å². The topological polar surface area (TPSA) is 83.4 Å². The molecule has 0 aromatic carbocycles. The number of likely N-dealkylation sites (tertiary alicyclic amines) is 1. The molecule has 0 unspecified atom stereocenters. The number of pyridine rings is 1. The van der Waals surface area contributed by atoms with Gasteiger partial charge in [0.05, 0.1) is 17.8 Å². The second-order valence-electron chi connectivity index (χ2n) is 5.57. The van der Waals surface area contributed by atoms with Gasteiger partial charge in [0, 0.05) is 18.8 Å². The lowest BCUT2D eigenvalue weighted by Gasteiger charge is -2.37. The minimum atomic E-state index is -0.839. The van der Waals surface area contributed by atoms with Crippen LogP contribution >= 0.6 is 11.3 Å². The minimum Gasteiger partial charge on any atom is -0.481 e. The van der Waals surface area contributed by atoms with E-state index in [2.05, 4.69) is 9.97 Å². The molecule has 2 aromatic rings. The molecule has 7 heteroatoms. The molecular weight excluding hydrogens is 314 g/mol. The van der Waals surface area contributed by atoms with Gasteiger partial charge in [-0.1, -0.05) is 6.07 Å². The van der Waals surface area contributed by atoms with Gasteiger partial charge < -0.3 is 10.0 Å². The molecule has 120 valence electrons. The molecule has 2 aromatic heterocycles. The van der Waals surface area contributed by atoms with Crippen LogP contribution in [0.2, 0.25) is 0 Å². The van der Waals surface area contributed by atoms with Gasteiger partial charge in [-0.05, 0) is 31.9 Å². The van der Waals surface area contributed by atoms with Crippen molar-refractivity contribution in [2.45, 2.75) is 25.8 Å². The highest BCUT2D eigenvalue weighted by atomic mass is 32.1. The average molecular weight is 331 g/mol. The number of aliphatic carboxylic acids is 1. The van der Waals surface area contributed by atoms with Crippen molar-refractivity contribution < 1.29 is 14.7 Å². The van der Waals surface area contributed by atoms with Crippen molar-refractivity contribution in [2.75, 3.05) is 6.54 Å². The van der Waals surface area contributed by atoms with Crippen molar-refractivity contribution in [3.63, 3.8) is 0 Å². The molecule has 0 saturated carbocycles. The molecule has 0 aliphatic carbocycles. The zero-order chi connectivity index (χ0) is 16.4. The predicted octanol–water partition coefficient (Wildman–Crippen LogP) is 2.53. The first-order chi connectivity index (χ1) is 11.1. The maximum atomic E-state index is 12.7. The van der Waals surface area contributed by atoms with E-state index in [1.165, 1.54) is 11.3 Å². The normalized spacial score (nSPS) is 21.2. The molecule has 1 amide bonds. The van der Waals surface area contributed by atoms with Gasteiger partial charge in [-0.2, -0.15) is 0 Å². The molecule has 3 rings (SSSR count). The van der Waals surface area contributed by atoms with Crippen molar-refractivity contribution in [3.8, 4) is 10.7 Å². The molecule has 6 nitrogen and oxygen atoms in total. The van der Waals surface area contributed by atoms with Gasteiger partial charge in [-0.25, -0.2) is 4.98 Å². The molecule has 0 radical (unpaired) electrons. The van der Waals surface area contributed by atoms with Crippen LogP contribution in [0.4, 0.5) is 0 Å². The van der Waals surface area contributed by atoms with E-state index in [0.717, 1.165) is 5.69 Å². The van der Waals surface area contributed by atoms with Crippen molar-refractivity contribution in [1.29, 1.82) is 0 Å². The van der Waals surface area contributed by atoms with E-state index < -0.39 is 11.9 Å². The summed E-state index contributed by atoms with van der Waals surface area (Å²) in [6, 6.07) is 5.23. The van der Waals surface area contributed by atoms with Crippen molar-refractivity contribution in [1.82, 2.24) is 14.9 Å². The predicted molar refractivity (Wildman–Crippen MR) is 86.2 cm³/mol. The molecule has 1 fully saturated rings. The Morgan fingerprint density at radius 3 is 2.87 bits per heavy atom. The summed E-state index contributed by atoms with van der Waals surface area (Å²) in [4.78, 5) is 34.7. The molecule has 0 bridgehead atoms. The number of rotatable bonds is 3. The van der Waals surface area contributed by atoms with E-state index in [1.807, 2.05) is 18.2 Å². The SMILES string of the molecule is C[C@@H]1[C@H](C(=O)O)CCCN1C(=O)c1cnc(-c2ccccn2)s1. The summed E-state index contributed by atoms with van der Waals surface area (Å²) in [7, 11) is 0. The molecule has 1 saturated heterocycles. The molecule has 2 atom stereocenters. The average Bonchev–Trinajstić information content (AvgIpc) is 3.05. The highest BCUT2D eigenvalue weighted by Gasteiger charge is 2.36. The van der Waals surface area contributed by atoms with Gasteiger partial charge in [0.1, 0.15) is 9.88 Å². The molecule has 3 heterocycles. The van der Waals surface area contributed by atoms with Gasteiger partial charge in [0.25, 0.3) is 5.91 Å². The maximum Gasteiger partial charge on any atom is 0.308 e. The molecule has 1 aliphatic rings. The molecular formula is C16H17N3O3S. The van der Waals surface area contributed by atoms with Crippen LogP contribution in [-0.2, 0) is 4.79 Å². The van der Waals surface area contributed by atoms with Gasteiger partial charge >= 0.3 is 5.97 Å². The summed E-state index contributed by atoms with van der Waals surface area (Å²) in [6.07, 6.45) is 4.55. The number of hydrogen-bond donors (Lipinski definition) is 1. The smallest absolute Gasteiger partial charge is 0.308 e. The van der Waals surface area contributed by atoms with E-state index in [9.17, 15) is 14.7 Å². The molecule has 23 heavy (non-hydrogen) atoms. The van der Waals surface area contributed by atoms with Crippen LogP contribution in [-0.4, -0.2) is 44.4 Å². The number of aromatic nitrogens is 2. The zero-order valence-corrected chi connectivity index (χ0v) is 13.5. The third kappa shape index (κ3) is 3.10. The first-order valence-corrected chi connectivity index (χ1v) is 8.30. The lowest BCUT2D eigenvalue weighted by Crippen LogP contribution is -2.48. The van der Waals surface area contributed by atoms with E-state index in [0.29, 0.717) is 29.3 Å². The number of nitrogens with zero attached hydrogens (tertiary/aromatic N) is 3. The first-order valence-electron chi connectivity index (χ1n) is 7.49. The van der Waals surface area contributed by atoms with Gasteiger partial charge in [0.15, 0.2) is 0 Å². The summed E-state index contributed by atoms with van der Waals surface area (Å²) in [5.74, 6) is -1.49. The molecule has 0 spiro atoms. The quantitative estimate of drug-likeness (QED) is 0.934. The van der Waals surface area contributed by atoms with Crippen LogP contribution < -0.4 is 0 Å². The van der Waals surface area contributed by atoms with Gasteiger partial charge in [0.2, 0.25) is 0 Å². The van der Waals surface area contributed by atoms with Crippen LogP contribution in [0.15, 0.2) is 30.6 Å². The Balaban J connectivity index is 1.81. The Bertz CT molecular complexity index is 716. The summed E-state index contributed by atoms with van der Waals surface area (Å²) < 4.78 is 0. The fourth-order valence-corrected chi connectivity index (χ4v) is 3.73. The highest BCUT2D eigenvalue weighted by molar-refractivity contribution is 7.16. The van der Waals surface area contributed by atoms with E-state index in [-0.39, 0.29) is 11.9 Å². The fraction of sp³-hybridized carbons (Fsp3) is 0.375. The Morgan fingerprint density at radius 1 is 1.35 bits per heavy atom. The summed E-state index contributed by atoms with van der Waals surface area (Å²) in [5, 5.41) is 9.96. The van der Waals surface area contributed by atoms with Crippen LogP contribution in [0.3, 0.4) is 0 Å². The van der Waals surface area contributed by atoms with Crippen molar-refractivity contribution in [3.05, 3.63) is 35.5 Å². The number of hydrogen-bond acceptors (Lipinski definition) is 5. The Hall–Kier alpha value is -2.28. The Kier molecular flexibility index (Phi) is 4.38. The number of carbonyl (C=O) groups is 2. The number of amides is 1. The largest absolute Gasteiger partial charge is 0.481 e. The van der Waals surface area contributed by atoms with Crippen molar-refractivity contribution in [2.24, 2.45) is 5.92 Å². The second-order valence-corrected chi connectivity index (χ2v) is 6.60. The van der Waals surface area contributed by atoms with Crippen molar-refractivity contribution >= 4 is 23.2 Å². The summed E-state index contributed by atoms with van der Waals surface area (Å²) in [6.45, 7) is 2.39. The standard InChI is InChI=1S/C16H17N3O3S/c1-10-11(16(21)22)5-4-8-19(10)15(20)13-9-18-14(23-13)12-6-2-3-7-17-12/h2-3,6-7,9-11H,4-5,8H2,1H3,(H,21,22)/t10-,11-/m1/s1. The third-order valence-corrected chi connectivity index (χ3v) is 5.17. The second kappa shape index (κ2) is 6.45.